The van der Waals surface area contributed by atoms with E-state index in [1.54, 1.807) is 7.11 Å². The molecular formula is C17H18BrNOS. The molecule has 1 N–H and O–H groups in total. The molecule has 0 bridgehead atoms. The fourth-order valence-electron chi connectivity index (χ4n) is 2.72. The number of aryl methyl sites for hydroxylation is 1. The second-order valence-electron chi connectivity index (χ2n) is 5.17. The SMILES string of the molecule is COc1cc(Br)cc(C)c1NC1CCSc2ccccc21. The smallest absolute Gasteiger partial charge is 0.143 e. The fraction of sp³-hybridized carbons (Fsp3) is 0.294. The summed E-state index contributed by atoms with van der Waals surface area (Å²) < 4.78 is 6.58. The Morgan fingerprint density at radius 1 is 1.29 bits per heavy atom. The summed E-state index contributed by atoms with van der Waals surface area (Å²) in [5.74, 6) is 2.03. The lowest BCUT2D eigenvalue weighted by atomic mass is 10.0. The van der Waals surface area contributed by atoms with Crippen LogP contribution in [-0.4, -0.2) is 12.9 Å². The molecule has 0 spiro atoms. The van der Waals surface area contributed by atoms with Gasteiger partial charge in [-0.1, -0.05) is 34.1 Å². The summed E-state index contributed by atoms with van der Waals surface area (Å²) in [5, 5.41) is 3.69. The molecule has 21 heavy (non-hydrogen) atoms. The highest BCUT2D eigenvalue weighted by Crippen LogP contribution is 2.40. The van der Waals surface area contributed by atoms with Gasteiger partial charge in [0.05, 0.1) is 18.8 Å². The van der Waals surface area contributed by atoms with Crippen LogP contribution in [0.25, 0.3) is 0 Å². The molecule has 1 aliphatic heterocycles. The van der Waals surface area contributed by atoms with Crippen molar-refractivity contribution in [2.24, 2.45) is 0 Å². The molecule has 1 aliphatic rings. The highest BCUT2D eigenvalue weighted by Gasteiger charge is 2.22. The predicted octanol–water partition coefficient (Wildman–Crippen LogP) is 5.42. The largest absolute Gasteiger partial charge is 0.495 e. The van der Waals surface area contributed by atoms with Crippen LogP contribution in [0.15, 0.2) is 45.8 Å². The van der Waals surface area contributed by atoms with Crippen LogP contribution in [0.4, 0.5) is 5.69 Å². The summed E-state index contributed by atoms with van der Waals surface area (Å²) in [6.07, 6.45) is 1.13. The monoisotopic (exact) mass is 363 g/mol. The van der Waals surface area contributed by atoms with E-state index in [1.807, 2.05) is 17.8 Å². The second kappa shape index (κ2) is 6.32. The van der Waals surface area contributed by atoms with Crippen LogP contribution in [0.2, 0.25) is 0 Å². The van der Waals surface area contributed by atoms with Crippen molar-refractivity contribution >= 4 is 33.4 Å². The average Bonchev–Trinajstić information content (AvgIpc) is 2.50. The Morgan fingerprint density at radius 2 is 2.10 bits per heavy atom. The first-order valence-corrected chi connectivity index (χ1v) is 8.79. The van der Waals surface area contributed by atoms with Crippen LogP contribution in [0, 0.1) is 6.92 Å². The van der Waals surface area contributed by atoms with Gasteiger partial charge >= 0.3 is 0 Å². The minimum Gasteiger partial charge on any atom is -0.495 e. The van der Waals surface area contributed by atoms with E-state index in [4.69, 9.17) is 4.74 Å². The number of hydrogen-bond acceptors (Lipinski definition) is 3. The number of nitrogens with one attached hydrogen (secondary N) is 1. The summed E-state index contributed by atoms with van der Waals surface area (Å²) in [5.41, 5.74) is 3.67. The van der Waals surface area contributed by atoms with E-state index in [9.17, 15) is 0 Å². The predicted molar refractivity (Wildman–Crippen MR) is 93.6 cm³/mol. The summed E-state index contributed by atoms with van der Waals surface area (Å²) in [7, 11) is 1.72. The Bertz CT molecular complexity index is 659. The number of methoxy groups -OCH3 is 1. The molecule has 0 aromatic heterocycles. The van der Waals surface area contributed by atoms with E-state index in [1.165, 1.54) is 16.0 Å². The number of hydrogen-bond donors (Lipinski definition) is 1. The molecule has 0 radical (unpaired) electrons. The van der Waals surface area contributed by atoms with Gasteiger partial charge in [-0.2, -0.15) is 0 Å². The molecule has 0 aliphatic carbocycles. The number of anilines is 1. The highest BCUT2D eigenvalue weighted by molar-refractivity contribution is 9.10. The minimum absolute atomic E-state index is 0.344. The molecule has 1 unspecified atom stereocenters. The summed E-state index contributed by atoms with van der Waals surface area (Å²) in [6, 6.07) is 13.1. The van der Waals surface area contributed by atoms with Crippen LogP contribution in [-0.2, 0) is 0 Å². The van der Waals surface area contributed by atoms with Crippen LogP contribution in [0.5, 0.6) is 5.75 Å². The van der Waals surface area contributed by atoms with Gasteiger partial charge in [0.25, 0.3) is 0 Å². The van der Waals surface area contributed by atoms with Gasteiger partial charge in [0.1, 0.15) is 5.75 Å². The number of halogens is 1. The third kappa shape index (κ3) is 3.06. The maximum Gasteiger partial charge on any atom is 0.143 e. The zero-order chi connectivity index (χ0) is 14.8. The standard InChI is InChI=1S/C17H18BrNOS/c1-11-9-12(18)10-15(20-2)17(11)19-14-7-8-21-16-6-4-3-5-13(14)16/h3-6,9-10,14,19H,7-8H2,1-2H3. The van der Waals surface area contributed by atoms with Crippen molar-refractivity contribution in [2.75, 3.05) is 18.2 Å². The van der Waals surface area contributed by atoms with Crippen molar-refractivity contribution in [3.63, 3.8) is 0 Å². The molecular weight excluding hydrogens is 346 g/mol. The molecule has 1 atom stereocenters. The highest BCUT2D eigenvalue weighted by atomic mass is 79.9. The van der Waals surface area contributed by atoms with E-state index in [0.29, 0.717) is 6.04 Å². The Balaban J connectivity index is 1.95. The molecule has 0 saturated heterocycles. The normalized spacial score (nSPS) is 17.2. The molecule has 110 valence electrons. The van der Waals surface area contributed by atoms with Crippen LogP contribution < -0.4 is 10.1 Å². The second-order valence-corrected chi connectivity index (χ2v) is 7.22. The third-order valence-corrected chi connectivity index (χ3v) is 5.34. The number of thioether (sulfide) groups is 1. The van der Waals surface area contributed by atoms with Gasteiger partial charge in [-0.25, -0.2) is 0 Å². The van der Waals surface area contributed by atoms with Crippen LogP contribution in [0.3, 0.4) is 0 Å². The zero-order valence-electron chi connectivity index (χ0n) is 12.2. The van der Waals surface area contributed by atoms with E-state index >= 15 is 0 Å². The quantitative estimate of drug-likeness (QED) is 0.786. The van der Waals surface area contributed by atoms with Crippen molar-refractivity contribution in [2.45, 2.75) is 24.3 Å². The number of fused-ring (bicyclic) bond motifs is 1. The molecule has 0 fully saturated rings. The van der Waals surface area contributed by atoms with Gasteiger partial charge in [0.2, 0.25) is 0 Å². The molecule has 2 aromatic rings. The summed E-state index contributed by atoms with van der Waals surface area (Å²) in [4.78, 5) is 1.38. The number of ether oxygens (including phenoxy) is 1. The van der Waals surface area contributed by atoms with Crippen molar-refractivity contribution in [3.8, 4) is 5.75 Å². The molecule has 3 rings (SSSR count). The Labute approximate surface area is 138 Å². The average molecular weight is 364 g/mol. The van der Waals surface area contributed by atoms with E-state index in [2.05, 4.69) is 58.5 Å². The lowest BCUT2D eigenvalue weighted by Gasteiger charge is -2.28. The Hall–Kier alpha value is -1.13. The topological polar surface area (TPSA) is 21.3 Å². The summed E-state index contributed by atoms with van der Waals surface area (Å²) in [6.45, 7) is 2.11. The molecule has 2 nitrogen and oxygen atoms in total. The van der Waals surface area contributed by atoms with Crippen LogP contribution in [0.1, 0.15) is 23.6 Å². The third-order valence-electron chi connectivity index (χ3n) is 3.76. The van der Waals surface area contributed by atoms with E-state index in [-0.39, 0.29) is 0 Å². The van der Waals surface area contributed by atoms with Gasteiger partial charge in [-0.05, 0) is 42.7 Å². The number of rotatable bonds is 3. The van der Waals surface area contributed by atoms with Crippen molar-refractivity contribution in [3.05, 3.63) is 52.0 Å². The first kappa shape index (κ1) is 14.8. The fourth-order valence-corrected chi connectivity index (χ4v) is 4.40. The van der Waals surface area contributed by atoms with E-state index < -0.39 is 0 Å². The van der Waals surface area contributed by atoms with Crippen molar-refractivity contribution < 1.29 is 4.74 Å². The van der Waals surface area contributed by atoms with E-state index in [0.717, 1.165) is 28.1 Å². The Morgan fingerprint density at radius 3 is 2.90 bits per heavy atom. The lowest BCUT2D eigenvalue weighted by molar-refractivity contribution is 0.415. The molecule has 0 amide bonds. The van der Waals surface area contributed by atoms with Crippen molar-refractivity contribution in [1.29, 1.82) is 0 Å². The van der Waals surface area contributed by atoms with Gasteiger partial charge in [-0.15, -0.1) is 11.8 Å². The first-order chi connectivity index (χ1) is 10.2. The van der Waals surface area contributed by atoms with Gasteiger partial charge in [0, 0.05) is 15.1 Å². The van der Waals surface area contributed by atoms with Crippen LogP contribution >= 0.6 is 27.7 Å². The number of benzene rings is 2. The molecule has 1 heterocycles. The first-order valence-electron chi connectivity index (χ1n) is 7.01. The van der Waals surface area contributed by atoms with Gasteiger partial charge in [-0.3, -0.25) is 0 Å². The molecule has 4 heteroatoms. The minimum atomic E-state index is 0.344. The summed E-state index contributed by atoms with van der Waals surface area (Å²) >= 11 is 5.47. The maximum absolute atomic E-state index is 5.54. The maximum atomic E-state index is 5.54. The molecule has 0 saturated carbocycles. The molecule has 2 aromatic carbocycles. The lowest BCUT2D eigenvalue weighted by Crippen LogP contribution is -2.17. The van der Waals surface area contributed by atoms with Crippen molar-refractivity contribution in [1.82, 2.24) is 0 Å². The van der Waals surface area contributed by atoms with Gasteiger partial charge < -0.3 is 10.1 Å². The Kier molecular flexibility index (Phi) is 4.45. The van der Waals surface area contributed by atoms with Gasteiger partial charge in [0.15, 0.2) is 0 Å². The zero-order valence-corrected chi connectivity index (χ0v) is 14.6.